The van der Waals surface area contributed by atoms with Gasteiger partial charge in [-0.3, -0.25) is 0 Å². The van der Waals surface area contributed by atoms with E-state index in [-0.39, 0.29) is 6.10 Å². The summed E-state index contributed by atoms with van der Waals surface area (Å²) in [6.45, 7) is 8.78. The lowest BCUT2D eigenvalue weighted by atomic mass is 9.68. The van der Waals surface area contributed by atoms with Gasteiger partial charge >= 0.3 is 0 Å². The molecule has 174 valence electrons. The van der Waals surface area contributed by atoms with Crippen molar-refractivity contribution in [3.63, 3.8) is 0 Å². The second kappa shape index (κ2) is 12.8. The van der Waals surface area contributed by atoms with Gasteiger partial charge in [-0.1, -0.05) is 82.4 Å². The first-order valence-corrected chi connectivity index (χ1v) is 13.3. The third-order valence-electron chi connectivity index (χ3n) is 8.99. The molecule has 0 aromatic heterocycles. The Morgan fingerprint density at radius 1 is 0.935 bits per heavy atom. The van der Waals surface area contributed by atoms with Crippen molar-refractivity contribution in [1.82, 2.24) is 0 Å². The molecule has 0 saturated heterocycles. The van der Waals surface area contributed by atoms with Crippen LogP contribution in [0.4, 0.5) is 0 Å². The summed E-state index contributed by atoms with van der Waals surface area (Å²) in [5, 5.41) is 0. The molecule has 2 fully saturated rings. The summed E-state index contributed by atoms with van der Waals surface area (Å²) in [5.41, 5.74) is 1.34. The van der Waals surface area contributed by atoms with Crippen molar-refractivity contribution < 1.29 is 4.74 Å². The summed E-state index contributed by atoms with van der Waals surface area (Å²) in [5.74, 6) is 5.31. The molecule has 0 aliphatic heterocycles. The van der Waals surface area contributed by atoms with Crippen LogP contribution in [0.15, 0.2) is 43.0 Å². The smallest absolute Gasteiger partial charge is 0.0849 e. The molecule has 1 aromatic rings. The fourth-order valence-electron chi connectivity index (χ4n) is 6.92. The molecule has 0 amide bonds. The number of methoxy groups -OCH3 is 1. The highest BCUT2D eigenvalue weighted by atomic mass is 16.5. The van der Waals surface area contributed by atoms with Crippen LogP contribution >= 0.6 is 0 Å². The van der Waals surface area contributed by atoms with E-state index < -0.39 is 0 Å². The number of benzene rings is 1. The van der Waals surface area contributed by atoms with Gasteiger partial charge in [-0.05, 0) is 86.0 Å². The molecule has 0 bridgehead atoms. The zero-order valence-electron chi connectivity index (χ0n) is 20.6. The van der Waals surface area contributed by atoms with Crippen molar-refractivity contribution in [2.75, 3.05) is 7.11 Å². The third-order valence-corrected chi connectivity index (χ3v) is 8.99. The van der Waals surface area contributed by atoms with Crippen LogP contribution in [0, 0.1) is 35.5 Å². The Hall–Kier alpha value is -1.08. The van der Waals surface area contributed by atoms with Crippen LogP contribution in [0.25, 0.3) is 0 Å². The Kier molecular flexibility index (Phi) is 10.2. The average molecular weight is 425 g/mol. The first-order chi connectivity index (χ1) is 15.2. The van der Waals surface area contributed by atoms with Crippen LogP contribution in [0.2, 0.25) is 0 Å². The Morgan fingerprint density at radius 2 is 1.55 bits per heavy atom. The van der Waals surface area contributed by atoms with Crippen LogP contribution in [0.5, 0.6) is 0 Å². The fraction of sp³-hybridized carbons (Fsp3) is 0.733. The molecule has 1 heteroatoms. The zero-order valence-corrected chi connectivity index (χ0v) is 20.6. The minimum atomic E-state index is 0.238. The maximum Gasteiger partial charge on any atom is 0.0849 e. The first kappa shape index (κ1) is 24.6. The number of allylic oxidation sites excluding steroid dienone is 1. The predicted octanol–water partition coefficient (Wildman–Crippen LogP) is 9.01. The average Bonchev–Trinajstić information content (AvgIpc) is 2.83. The summed E-state index contributed by atoms with van der Waals surface area (Å²) in [6, 6.07) is 10.8. The molecule has 3 rings (SSSR count). The quantitative estimate of drug-likeness (QED) is 0.322. The number of hydrogen-bond acceptors (Lipinski definition) is 1. The van der Waals surface area contributed by atoms with E-state index in [0.717, 1.165) is 29.6 Å². The summed E-state index contributed by atoms with van der Waals surface area (Å²) in [7, 11) is 1.89. The lowest BCUT2D eigenvalue weighted by molar-refractivity contribution is 0.0186. The number of ether oxygens (including phenoxy) is 1. The standard InChI is InChI=1S/C30H48O/c1-5-7-11-24-14-20-28(21-15-24)26(6-2)22-25-16-18-27(19-17-25)23(3)30(31-4)29-12-9-8-10-13-29/h5,8-10,12-13,23-28,30H,1,6-7,11,14-22H2,2-4H3. The third kappa shape index (κ3) is 6.95. The Morgan fingerprint density at radius 3 is 2.13 bits per heavy atom. The van der Waals surface area contributed by atoms with Crippen LogP contribution in [0.1, 0.15) is 103 Å². The van der Waals surface area contributed by atoms with Crippen molar-refractivity contribution in [2.24, 2.45) is 35.5 Å². The first-order valence-electron chi connectivity index (χ1n) is 13.3. The van der Waals surface area contributed by atoms with Crippen molar-refractivity contribution in [1.29, 1.82) is 0 Å². The van der Waals surface area contributed by atoms with Crippen molar-refractivity contribution >= 4 is 0 Å². The molecule has 1 aromatic carbocycles. The SMILES string of the molecule is C=CCCC1CCC(C(CC)CC2CCC(C(C)C(OC)c3ccccc3)CC2)CC1. The minimum Gasteiger partial charge on any atom is -0.376 e. The van der Waals surface area contributed by atoms with Gasteiger partial charge in [0, 0.05) is 7.11 Å². The normalized spacial score (nSPS) is 29.8. The highest BCUT2D eigenvalue weighted by Crippen LogP contribution is 2.44. The largest absolute Gasteiger partial charge is 0.376 e. The second-order valence-electron chi connectivity index (χ2n) is 10.8. The van der Waals surface area contributed by atoms with E-state index in [4.69, 9.17) is 4.74 Å². The van der Waals surface area contributed by atoms with Crippen LogP contribution in [-0.4, -0.2) is 7.11 Å². The van der Waals surface area contributed by atoms with Crippen LogP contribution in [0.3, 0.4) is 0 Å². The Bertz CT molecular complexity index is 607. The molecule has 0 spiro atoms. The summed E-state index contributed by atoms with van der Waals surface area (Å²) >= 11 is 0. The molecule has 2 saturated carbocycles. The molecule has 3 unspecified atom stereocenters. The molecule has 0 heterocycles. The summed E-state index contributed by atoms with van der Waals surface area (Å²) in [6.07, 6.45) is 19.4. The number of rotatable bonds is 11. The van der Waals surface area contributed by atoms with Gasteiger partial charge in [0.1, 0.15) is 0 Å². The minimum absolute atomic E-state index is 0.238. The van der Waals surface area contributed by atoms with Gasteiger partial charge in [0.2, 0.25) is 0 Å². The molecular weight excluding hydrogens is 376 g/mol. The topological polar surface area (TPSA) is 9.23 Å². The van der Waals surface area contributed by atoms with Crippen molar-refractivity contribution in [2.45, 2.75) is 97.0 Å². The monoisotopic (exact) mass is 424 g/mol. The molecular formula is C30H48O. The molecule has 2 aliphatic rings. The molecule has 0 radical (unpaired) electrons. The van der Waals surface area contributed by atoms with Crippen molar-refractivity contribution in [3.05, 3.63) is 48.6 Å². The van der Waals surface area contributed by atoms with E-state index in [1.807, 2.05) is 7.11 Å². The van der Waals surface area contributed by atoms with Crippen molar-refractivity contribution in [3.8, 4) is 0 Å². The molecule has 2 aliphatic carbocycles. The maximum atomic E-state index is 5.97. The van der Waals surface area contributed by atoms with Gasteiger partial charge < -0.3 is 4.74 Å². The maximum absolute atomic E-state index is 5.97. The summed E-state index contributed by atoms with van der Waals surface area (Å²) < 4.78 is 5.97. The fourth-order valence-corrected chi connectivity index (χ4v) is 6.92. The molecule has 3 atom stereocenters. The zero-order chi connectivity index (χ0) is 22.1. The molecule has 1 nitrogen and oxygen atoms in total. The van der Waals surface area contributed by atoms with E-state index in [1.54, 1.807) is 0 Å². The highest BCUT2D eigenvalue weighted by molar-refractivity contribution is 5.18. The van der Waals surface area contributed by atoms with Gasteiger partial charge in [-0.25, -0.2) is 0 Å². The second-order valence-corrected chi connectivity index (χ2v) is 10.8. The van der Waals surface area contributed by atoms with Gasteiger partial charge in [-0.15, -0.1) is 6.58 Å². The predicted molar refractivity (Wildman–Crippen MR) is 134 cm³/mol. The molecule has 31 heavy (non-hydrogen) atoms. The van der Waals surface area contributed by atoms with Crippen LogP contribution in [-0.2, 0) is 4.74 Å². The van der Waals surface area contributed by atoms with E-state index >= 15 is 0 Å². The number of hydrogen-bond donors (Lipinski definition) is 0. The molecule has 0 N–H and O–H groups in total. The van der Waals surface area contributed by atoms with E-state index in [1.165, 1.54) is 82.6 Å². The lowest BCUT2D eigenvalue weighted by Gasteiger charge is -2.39. The lowest BCUT2D eigenvalue weighted by Crippen LogP contribution is -2.28. The van der Waals surface area contributed by atoms with Gasteiger partial charge in [0.05, 0.1) is 6.10 Å². The van der Waals surface area contributed by atoms with E-state index in [9.17, 15) is 0 Å². The summed E-state index contributed by atoms with van der Waals surface area (Å²) in [4.78, 5) is 0. The van der Waals surface area contributed by atoms with E-state index in [0.29, 0.717) is 5.92 Å². The Balaban J connectivity index is 1.45. The Labute approximate surface area is 193 Å². The van der Waals surface area contributed by atoms with E-state index in [2.05, 4.69) is 56.8 Å². The van der Waals surface area contributed by atoms with Gasteiger partial charge in [0.15, 0.2) is 0 Å². The highest BCUT2D eigenvalue weighted by Gasteiger charge is 2.33. The van der Waals surface area contributed by atoms with Crippen LogP contribution < -0.4 is 0 Å². The van der Waals surface area contributed by atoms with Gasteiger partial charge in [-0.2, -0.15) is 0 Å². The van der Waals surface area contributed by atoms with Gasteiger partial charge in [0.25, 0.3) is 0 Å².